The second-order valence-corrected chi connectivity index (χ2v) is 7.28. The van der Waals surface area contributed by atoms with Crippen molar-refractivity contribution in [2.75, 3.05) is 41.5 Å². The SMILES string of the molecule is COc1ccc(C(C#N)NC(=O)C2=CN(CCNC(=O)c3ccc(OC)c(OC)c3OC)NN2)cn1. The number of benzene rings is 1. The third-order valence-corrected chi connectivity index (χ3v) is 5.16. The molecule has 3 rings (SSSR count). The number of methoxy groups -OCH3 is 4. The standard InChI is InChI=1S/C23H27N7O6/c1-33-18-7-6-15(20(35-3)21(18)36-4)22(31)25-9-10-30-13-17(28-29-30)23(32)27-16(11-24)14-5-8-19(34-2)26-12-14/h5-8,12-13,16,28-29H,9-10H2,1-4H3,(H,25,31)(H,27,32). The second kappa shape index (κ2) is 12.1. The number of nitriles is 1. The van der Waals surface area contributed by atoms with Gasteiger partial charge in [0.15, 0.2) is 11.5 Å². The van der Waals surface area contributed by atoms with E-state index in [0.29, 0.717) is 29.5 Å². The fourth-order valence-electron chi connectivity index (χ4n) is 3.34. The summed E-state index contributed by atoms with van der Waals surface area (Å²) in [5.41, 5.74) is 6.55. The molecule has 1 aliphatic rings. The Hall–Kier alpha value is -4.70. The van der Waals surface area contributed by atoms with Gasteiger partial charge in [-0.25, -0.2) is 4.98 Å². The molecular weight excluding hydrogens is 470 g/mol. The molecule has 190 valence electrons. The summed E-state index contributed by atoms with van der Waals surface area (Å²) in [4.78, 5) is 29.3. The number of hydrogen-bond acceptors (Lipinski definition) is 11. The zero-order chi connectivity index (χ0) is 26.1. The fraction of sp³-hybridized carbons (Fsp3) is 0.304. The summed E-state index contributed by atoms with van der Waals surface area (Å²) < 4.78 is 20.9. The number of rotatable bonds is 11. The molecule has 1 unspecified atom stereocenters. The lowest BCUT2D eigenvalue weighted by Crippen LogP contribution is -2.42. The van der Waals surface area contributed by atoms with Crippen LogP contribution in [0.3, 0.4) is 0 Å². The molecule has 0 radical (unpaired) electrons. The van der Waals surface area contributed by atoms with Crippen LogP contribution in [0.4, 0.5) is 0 Å². The Bertz CT molecular complexity index is 1160. The molecule has 0 saturated carbocycles. The summed E-state index contributed by atoms with van der Waals surface area (Å²) in [5.74, 6) is 0.555. The summed E-state index contributed by atoms with van der Waals surface area (Å²) >= 11 is 0. The Labute approximate surface area is 207 Å². The number of ether oxygens (including phenoxy) is 4. The van der Waals surface area contributed by atoms with Crippen LogP contribution >= 0.6 is 0 Å². The third-order valence-electron chi connectivity index (χ3n) is 5.16. The largest absolute Gasteiger partial charge is 0.493 e. The number of aromatic nitrogens is 1. The molecule has 0 aliphatic carbocycles. The van der Waals surface area contributed by atoms with Crippen molar-refractivity contribution in [1.82, 2.24) is 31.6 Å². The molecule has 1 aromatic heterocycles. The number of nitrogens with one attached hydrogen (secondary N) is 4. The van der Waals surface area contributed by atoms with Gasteiger partial charge in [0.25, 0.3) is 11.8 Å². The van der Waals surface area contributed by atoms with Gasteiger partial charge in [-0.3, -0.25) is 20.0 Å². The molecule has 0 bridgehead atoms. The van der Waals surface area contributed by atoms with Gasteiger partial charge in [-0.2, -0.15) is 5.26 Å². The van der Waals surface area contributed by atoms with Crippen molar-refractivity contribution in [3.63, 3.8) is 0 Å². The molecule has 13 nitrogen and oxygen atoms in total. The zero-order valence-corrected chi connectivity index (χ0v) is 20.2. The van der Waals surface area contributed by atoms with Crippen molar-refractivity contribution in [2.45, 2.75) is 6.04 Å². The van der Waals surface area contributed by atoms with E-state index < -0.39 is 11.9 Å². The van der Waals surface area contributed by atoms with Crippen LogP contribution < -0.4 is 40.5 Å². The van der Waals surface area contributed by atoms with Gasteiger partial charge in [0.1, 0.15) is 11.7 Å². The van der Waals surface area contributed by atoms with E-state index in [9.17, 15) is 14.9 Å². The number of hydrogen-bond donors (Lipinski definition) is 4. The van der Waals surface area contributed by atoms with Gasteiger partial charge < -0.3 is 29.6 Å². The van der Waals surface area contributed by atoms with Crippen LogP contribution in [0.1, 0.15) is 22.0 Å². The molecule has 0 spiro atoms. The van der Waals surface area contributed by atoms with Gasteiger partial charge in [0, 0.05) is 30.6 Å². The lowest BCUT2D eigenvalue weighted by Gasteiger charge is -2.17. The highest BCUT2D eigenvalue weighted by atomic mass is 16.5. The minimum Gasteiger partial charge on any atom is -0.493 e. The van der Waals surface area contributed by atoms with Crippen LogP contribution in [0.25, 0.3) is 0 Å². The lowest BCUT2D eigenvalue weighted by atomic mass is 10.1. The van der Waals surface area contributed by atoms with E-state index in [4.69, 9.17) is 18.9 Å². The van der Waals surface area contributed by atoms with Gasteiger partial charge >= 0.3 is 0 Å². The summed E-state index contributed by atoms with van der Waals surface area (Å²) in [7, 11) is 5.88. The number of hydrazine groups is 2. The number of nitrogens with zero attached hydrogens (tertiary/aromatic N) is 3. The minimum absolute atomic E-state index is 0.199. The maximum absolute atomic E-state index is 12.7. The first-order valence-electron chi connectivity index (χ1n) is 10.7. The molecule has 1 aliphatic heterocycles. The topological polar surface area (TPSA) is 159 Å². The van der Waals surface area contributed by atoms with Crippen LogP contribution in [0, 0.1) is 11.3 Å². The smallest absolute Gasteiger partial charge is 0.271 e. The van der Waals surface area contributed by atoms with Crippen LogP contribution in [0.2, 0.25) is 0 Å². The van der Waals surface area contributed by atoms with Crippen molar-refractivity contribution in [1.29, 1.82) is 5.26 Å². The molecule has 2 amide bonds. The van der Waals surface area contributed by atoms with Gasteiger partial charge in [0.2, 0.25) is 11.6 Å². The second-order valence-electron chi connectivity index (χ2n) is 7.28. The quantitative estimate of drug-likeness (QED) is 0.340. The molecule has 1 aromatic carbocycles. The molecule has 36 heavy (non-hydrogen) atoms. The number of carbonyl (C=O) groups is 2. The molecule has 0 saturated heterocycles. The van der Waals surface area contributed by atoms with E-state index >= 15 is 0 Å². The van der Waals surface area contributed by atoms with E-state index in [1.165, 1.54) is 40.8 Å². The third kappa shape index (κ3) is 5.86. The Morgan fingerprint density at radius 3 is 2.44 bits per heavy atom. The van der Waals surface area contributed by atoms with Crippen molar-refractivity contribution in [3.05, 3.63) is 53.5 Å². The first-order chi connectivity index (χ1) is 17.4. The van der Waals surface area contributed by atoms with E-state index in [1.54, 1.807) is 29.3 Å². The summed E-state index contributed by atoms with van der Waals surface area (Å²) in [6, 6.07) is 7.59. The van der Waals surface area contributed by atoms with E-state index in [0.717, 1.165) is 0 Å². The number of carbonyl (C=O) groups excluding carboxylic acids is 2. The monoisotopic (exact) mass is 497 g/mol. The van der Waals surface area contributed by atoms with Crippen molar-refractivity contribution < 1.29 is 28.5 Å². The highest BCUT2D eigenvalue weighted by Crippen LogP contribution is 2.39. The van der Waals surface area contributed by atoms with Crippen molar-refractivity contribution in [2.24, 2.45) is 0 Å². The number of pyridine rings is 1. The van der Waals surface area contributed by atoms with E-state index in [-0.39, 0.29) is 29.5 Å². The molecule has 2 aromatic rings. The van der Waals surface area contributed by atoms with Crippen molar-refractivity contribution >= 4 is 11.8 Å². The first-order valence-corrected chi connectivity index (χ1v) is 10.7. The van der Waals surface area contributed by atoms with Gasteiger partial charge in [-0.05, 0) is 18.2 Å². The highest BCUT2D eigenvalue weighted by molar-refractivity contribution is 5.98. The van der Waals surface area contributed by atoms with Gasteiger partial charge in [0.05, 0.1) is 46.6 Å². The molecule has 4 N–H and O–H groups in total. The summed E-state index contributed by atoms with van der Waals surface area (Å²) in [6.45, 7) is 0.573. The average molecular weight is 498 g/mol. The fourth-order valence-corrected chi connectivity index (χ4v) is 3.34. The van der Waals surface area contributed by atoms with Crippen LogP contribution in [0.5, 0.6) is 23.1 Å². The van der Waals surface area contributed by atoms with E-state index in [1.807, 2.05) is 6.07 Å². The Morgan fingerprint density at radius 1 is 1.06 bits per heavy atom. The summed E-state index contributed by atoms with van der Waals surface area (Å²) in [5, 5.41) is 16.5. The molecular formula is C23H27N7O6. The maximum Gasteiger partial charge on any atom is 0.271 e. The molecule has 2 heterocycles. The lowest BCUT2D eigenvalue weighted by molar-refractivity contribution is -0.118. The summed E-state index contributed by atoms with van der Waals surface area (Å²) in [6.07, 6.45) is 2.99. The molecule has 1 atom stereocenters. The predicted octanol–water partition coefficient (Wildman–Crippen LogP) is 0.393. The predicted molar refractivity (Wildman–Crippen MR) is 127 cm³/mol. The molecule has 0 fully saturated rings. The van der Waals surface area contributed by atoms with Crippen LogP contribution in [0.15, 0.2) is 42.4 Å². The van der Waals surface area contributed by atoms with Gasteiger partial charge in [-0.1, -0.05) is 0 Å². The average Bonchev–Trinajstić information content (AvgIpc) is 3.39. The minimum atomic E-state index is -0.900. The Morgan fingerprint density at radius 2 is 1.83 bits per heavy atom. The maximum atomic E-state index is 12.7. The first kappa shape index (κ1) is 25.9. The Balaban J connectivity index is 1.55. The van der Waals surface area contributed by atoms with E-state index in [2.05, 4.69) is 26.6 Å². The number of amides is 2. The van der Waals surface area contributed by atoms with Crippen LogP contribution in [-0.4, -0.2) is 63.3 Å². The van der Waals surface area contributed by atoms with Crippen LogP contribution in [-0.2, 0) is 4.79 Å². The normalized spacial score (nSPS) is 13.0. The van der Waals surface area contributed by atoms with Gasteiger partial charge in [-0.15, -0.1) is 5.53 Å². The molecule has 13 heteroatoms. The van der Waals surface area contributed by atoms with Crippen molar-refractivity contribution in [3.8, 4) is 29.2 Å². The zero-order valence-electron chi connectivity index (χ0n) is 20.2. The Kier molecular flexibility index (Phi) is 8.73. The highest BCUT2D eigenvalue weighted by Gasteiger charge is 2.23.